The first-order valence-electron chi connectivity index (χ1n) is 6.65. The molecule has 2 saturated carbocycles. The highest BCUT2D eigenvalue weighted by Crippen LogP contribution is 2.71. The van der Waals surface area contributed by atoms with Crippen LogP contribution in [0, 0.1) is 22.6 Å². The predicted octanol–water partition coefficient (Wildman–Crippen LogP) is 3.25. The van der Waals surface area contributed by atoms with Crippen molar-refractivity contribution in [3.63, 3.8) is 0 Å². The summed E-state index contributed by atoms with van der Waals surface area (Å²) in [5.41, 5.74) is -0.721. The van der Waals surface area contributed by atoms with E-state index in [1.165, 1.54) is 12.3 Å². The Morgan fingerprint density at radius 2 is 2.06 bits per heavy atom. The number of pyridine rings is 1. The summed E-state index contributed by atoms with van der Waals surface area (Å²) in [7, 11) is 0. The summed E-state index contributed by atoms with van der Waals surface area (Å²) in [6.07, 6.45) is 6.00. The molecule has 0 saturated heterocycles. The minimum Gasteiger partial charge on any atom is -0.384 e. The monoisotopic (exact) mass is 249 g/mol. The van der Waals surface area contributed by atoms with E-state index in [0.29, 0.717) is 11.5 Å². The minimum atomic E-state index is -0.974. The van der Waals surface area contributed by atoms with Crippen molar-refractivity contribution < 1.29 is 9.50 Å². The predicted molar refractivity (Wildman–Crippen MR) is 67.3 cm³/mol. The SMILES string of the molecule is CC12CCC(C1)C(C)(C)C2(O)c1cncc(F)c1. The van der Waals surface area contributed by atoms with Crippen molar-refractivity contribution in [2.45, 2.75) is 45.6 Å². The van der Waals surface area contributed by atoms with Crippen molar-refractivity contribution in [2.24, 2.45) is 16.7 Å². The van der Waals surface area contributed by atoms with Gasteiger partial charge in [0.25, 0.3) is 0 Å². The maximum absolute atomic E-state index is 13.4. The Labute approximate surface area is 107 Å². The largest absolute Gasteiger partial charge is 0.384 e. The lowest BCUT2D eigenvalue weighted by Gasteiger charge is -2.50. The van der Waals surface area contributed by atoms with Crippen molar-refractivity contribution in [1.29, 1.82) is 0 Å². The van der Waals surface area contributed by atoms with Crippen LogP contribution < -0.4 is 0 Å². The van der Waals surface area contributed by atoms with Crippen LogP contribution in [0.1, 0.15) is 45.6 Å². The van der Waals surface area contributed by atoms with Gasteiger partial charge in [-0.25, -0.2) is 4.39 Å². The van der Waals surface area contributed by atoms with Crippen LogP contribution in [0.4, 0.5) is 4.39 Å². The first-order valence-corrected chi connectivity index (χ1v) is 6.65. The molecule has 3 atom stereocenters. The van der Waals surface area contributed by atoms with Crippen molar-refractivity contribution in [3.05, 3.63) is 29.8 Å². The maximum atomic E-state index is 13.4. The molecule has 0 aromatic carbocycles. The number of aromatic nitrogens is 1. The van der Waals surface area contributed by atoms with E-state index in [4.69, 9.17) is 0 Å². The summed E-state index contributed by atoms with van der Waals surface area (Å²) in [5.74, 6) is 0.138. The molecule has 1 N–H and O–H groups in total. The quantitative estimate of drug-likeness (QED) is 0.828. The van der Waals surface area contributed by atoms with Crippen molar-refractivity contribution in [2.75, 3.05) is 0 Å². The van der Waals surface area contributed by atoms with Crippen LogP contribution in [0.5, 0.6) is 0 Å². The maximum Gasteiger partial charge on any atom is 0.141 e. The van der Waals surface area contributed by atoms with E-state index in [0.717, 1.165) is 19.3 Å². The van der Waals surface area contributed by atoms with Crippen LogP contribution in [-0.4, -0.2) is 10.1 Å². The second-order valence-corrected chi connectivity index (χ2v) is 6.82. The zero-order valence-corrected chi connectivity index (χ0v) is 11.2. The number of hydrogen-bond donors (Lipinski definition) is 1. The summed E-state index contributed by atoms with van der Waals surface area (Å²) >= 11 is 0. The lowest BCUT2D eigenvalue weighted by atomic mass is 9.58. The molecule has 1 aromatic rings. The molecule has 1 aromatic heterocycles. The van der Waals surface area contributed by atoms with Gasteiger partial charge in [-0.2, -0.15) is 0 Å². The van der Waals surface area contributed by atoms with Gasteiger partial charge >= 0.3 is 0 Å². The molecular weight excluding hydrogens is 229 g/mol. The van der Waals surface area contributed by atoms with Gasteiger partial charge in [0.1, 0.15) is 11.4 Å². The molecule has 0 aliphatic heterocycles. The molecule has 3 heteroatoms. The molecule has 18 heavy (non-hydrogen) atoms. The molecule has 0 amide bonds. The van der Waals surface area contributed by atoms with Gasteiger partial charge in [-0.05, 0) is 31.2 Å². The Balaban J connectivity index is 2.19. The van der Waals surface area contributed by atoms with E-state index in [1.807, 2.05) is 0 Å². The van der Waals surface area contributed by atoms with Crippen LogP contribution in [0.3, 0.4) is 0 Å². The van der Waals surface area contributed by atoms with Crippen LogP contribution in [0.25, 0.3) is 0 Å². The van der Waals surface area contributed by atoms with E-state index in [-0.39, 0.29) is 16.6 Å². The lowest BCUT2D eigenvalue weighted by Crippen LogP contribution is -2.51. The Kier molecular flexibility index (Phi) is 2.23. The van der Waals surface area contributed by atoms with Crippen LogP contribution in [0.15, 0.2) is 18.5 Å². The highest BCUT2D eigenvalue weighted by atomic mass is 19.1. The topological polar surface area (TPSA) is 33.1 Å². The van der Waals surface area contributed by atoms with Gasteiger partial charge in [0.2, 0.25) is 0 Å². The van der Waals surface area contributed by atoms with E-state index in [1.54, 1.807) is 6.20 Å². The standard InChI is InChI=1S/C15H20FNO/c1-13(2)10-4-5-14(3,7-10)15(13,18)11-6-12(16)9-17-8-11/h6,8-10,18H,4-5,7H2,1-3H3. The van der Waals surface area contributed by atoms with E-state index in [2.05, 4.69) is 25.8 Å². The Morgan fingerprint density at radius 3 is 2.61 bits per heavy atom. The summed E-state index contributed by atoms with van der Waals surface area (Å²) in [5, 5.41) is 11.4. The van der Waals surface area contributed by atoms with Crippen LogP contribution in [-0.2, 0) is 5.60 Å². The molecule has 3 unspecified atom stereocenters. The molecule has 0 spiro atoms. The third kappa shape index (κ3) is 1.18. The van der Waals surface area contributed by atoms with E-state index < -0.39 is 5.60 Å². The van der Waals surface area contributed by atoms with Gasteiger partial charge < -0.3 is 5.11 Å². The highest BCUT2D eigenvalue weighted by Gasteiger charge is 2.69. The number of rotatable bonds is 1. The molecule has 2 aliphatic rings. The lowest BCUT2D eigenvalue weighted by molar-refractivity contribution is -0.151. The summed E-state index contributed by atoms with van der Waals surface area (Å²) in [6.45, 7) is 6.34. The minimum absolute atomic E-state index is 0.156. The van der Waals surface area contributed by atoms with E-state index in [9.17, 15) is 9.50 Å². The number of aliphatic hydroxyl groups is 1. The zero-order chi connectivity index (χ0) is 13.2. The third-order valence-corrected chi connectivity index (χ3v) is 5.69. The van der Waals surface area contributed by atoms with Crippen molar-refractivity contribution in [1.82, 2.24) is 4.98 Å². The van der Waals surface area contributed by atoms with Crippen LogP contribution in [0.2, 0.25) is 0 Å². The van der Waals surface area contributed by atoms with Gasteiger partial charge in [0.05, 0.1) is 6.20 Å². The smallest absolute Gasteiger partial charge is 0.141 e. The first kappa shape index (κ1) is 12.1. The second-order valence-electron chi connectivity index (χ2n) is 6.82. The molecule has 98 valence electrons. The zero-order valence-electron chi connectivity index (χ0n) is 11.2. The molecule has 2 nitrogen and oxygen atoms in total. The first-order chi connectivity index (χ1) is 8.31. The van der Waals surface area contributed by atoms with Crippen molar-refractivity contribution >= 4 is 0 Å². The summed E-state index contributed by atoms with van der Waals surface area (Å²) in [4.78, 5) is 3.92. The molecule has 2 fully saturated rings. The van der Waals surface area contributed by atoms with Crippen molar-refractivity contribution in [3.8, 4) is 0 Å². The average molecular weight is 249 g/mol. The second kappa shape index (κ2) is 3.32. The summed E-state index contributed by atoms with van der Waals surface area (Å²) < 4.78 is 13.4. The fourth-order valence-electron chi connectivity index (χ4n) is 4.59. The molecule has 1 heterocycles. The summed E-state index contributed by atoms with van der Waals surface area (Å²) in [6, 6.07) is 1.45. The fourth-order valence-corrected chi connectivity index (χ4v) is 4.59. The highest BCUT2D eigenvalue weighted by molar-refractivity contribution is 5.31. The normalized spacial score (nSPS) is 41.3. The number of nitrogens with zero attached hydrogens (tertiary/aromatic N) is 1. The average Bonchev–Trinajstić information content (AvgIpc) is 2.77. The van der Waals surface area contributed by atoms with Gasteiger partial charge in [0, 0.05) is 22.6 Å². The van der Waals surface area contributed by atoms with Gasteiger partial charge in [-0.3, -0.25) is 4.98 Å². The third-order valence-electron chi connectivity index (χ3n) is 5.69. The van der Waals surface area contributed by atoms with Gasteiger partial charge in [-0.1, -0.05) is 20.8 Å². The van der Waals surface area contributed by atoms with Crippen LogP contribution >= 0.6 is 0 Å². The number of hydrogen-bond acceptors (Lipinski definition) is 2. The Hall–Kier alpha value is -0.960. The fraction of sp³-hybridized carbons (Fsp3) is 0.667. The van der Waals surface area contributed by atoms with E-state index >= 15 is 0 Å². The number of halogens is 1. The molecule has 2 aliphatic carbocycles. The Morgan fingerprint density at radius 1 is 1.33 bits per heavy atom. The van der Waals surface area contributed by atoms with Gasteiger partial charge in [-0.15, -0.1) is 0 Å². The molecule has 2 bridgehead atoms. The van der Waals surface area contributed by atoms with Gasteiger partial charge in [0.15, 0.2) is 0 Å². The number of fused-ring (bicyclic) bond motifs is 2. The molecule has 3 rings (SSSR count). The molecule has 0 radical (unpaired) electrons. The Bertz CT molecular complexity index is 494. The molecular formula is C15H20FNO.